The first-order valence-corrected chi connectivity index (χ1v) is 7.52. The molecule has 0 N–H and O–H groups in total. The Balaban J connectivity index is 1.81. The fourth-order valence-corrected chi connectivity index (χ4v) is 2.65. The highest BCUT2D eigenvalue weighted by Gasteiger charge is 2.52. The Bertz CT molecular complexity index is 502. The SMILES string of the molecule is C#CC[N+](C)(C)CCO[C@H]1CO[C@H]2[C@@H]1OC[C@H]2OC(=O)C(F)(F)F. The number of carbonyl (C=O) groups is 1. The van der Waals surface area contributed by atoms with Crippen molar-refractivity contribution in [2.24, 2.45) is 0 Å². The van der Waals surface area contributed by atoms with E-state index < -0.39 is 36.6 Å². The normalized spacial score (nSPS) is 30.0. The lowest BCUT2D eigenvalue weighted by molar-refractivity contribution is -0.883. The first kappa shape index (κ1) is 19.0. The van der Waals surface area contributed by atoms with Gasteiger partial charge in [-0.15, -0.1) is 6.42 Å². The third kappa shape index (κ3) is 4.60. The van der Waals surface area contributed by atoms with Gasteiger partial charge in [0.25, 0.3) is 0 Å². The number of likely N-dealkylation sites (N-methyl/N-ethyl adjacent to an activating group) is 1. The van der Waals surface area contributed by atoms with E-state index in [1.165, 1.54) is 0 Å². The molecule has 2 aliphatic heterocycles. The first-order chi connectivity index (χ1) is 11.1. The molecule has 2 fully saturated rings. The summed E-state index contributed by atoms with van der Waals surface area (Å²) in [5.74, 6) is 0.349. The molecule has 0 bridgehead atoms. The quantitative estimate of drug-likeness (QED) is 0.392. The highest BCUT2D eigenvalue weighted by molar-refractivity contribution is 5.75. The van der Waals surface area contributed by atoms with Crippen molar-refractivity contribution in [1.29, 1.82) is 0 Å². The van der Waals surface area contributed by atoms with Gasteiger partial charge in [0.2, 0.25) is 0 Å². The molecule has 9 heteroatoms. The average Bonchev–Trinajstić information content (AvgIpc) is 3.01. The maximum Gasteiger partial charge on any atom is 0.490 e. The van der Waals surface area contributed by atoms with Crippen molar-refractivity contribution in [3.8, 4) is 12.3 Å². The van der Waals surface area contributed by atoms with Crippen molar-refractivity contribution < 1.29 is 41.4 Å². The van der Waals surface area contributed by atoms with Crippen molar-refractivity contribution in [2.45, 2.75) is 30.6 Å². The molecule has 0 aromatic heterocycles. The van der Waals surface area contributed by atoms with Gasteiger partial charge in [-0.3, -0.25) is 0 Å². The lowest BCUT2D eigenvalue weighted by Crippen LogP contribution is -2.44. The van der Waals surface area contributed by atoms with Crippen molar-refractivity contribution in [3.05, 3.63) is 0 Å². The topological polar surface area (TPSA) is 54.0 Å². The number of nitrogens with zero attached hydrogens (tertiary/aromatic N) is 1. The maximum atomic E-state index is 12.3. The molecule has 2 aliphatic rings. The average molecular weight is 352 g/mol. The summed E-state index contributed by atoms with van der Waals surface area (Å²) >= 11 is 0. The van der Waals surface area contributed by atoms with Crippen LogP contribution >= 0.6 is 0 Å². The number of alkyl halides is 3. The number of esters is 1. The minimum atomic E-state index is -5.03. The second-order valence-corrected chi connectivity index (χ2v) is 6.47. The van der Waals surface area contributed by atoms with Gasteiger partial charge in [-0.05, 0) is 5.92 Å². The summed E-state index contributed by atoms with van der Waals surface area (Å²) in [7, 11) is 3.94. The molecule has 2 saturated heterocycles. The third-order valence-electron chi connectivity index (χ3n) is 4.00. The van der Waals surface area contributed by atoms with Crippen molar-refractivity contribution in [1.82, 2.24) is 0 Å². The zero-order valence-electron chi connectivity index (χ0n) is 13.5. The molecule has 0 aromatic carbocycles. The van der Waals surface area contributed by atoms with Gasteiger partial charge in [0.1, 0.15) is 31.4 Å². The first-order valence-electron chi connectivity index (χ1n) is 7.52. The van der Waals surface area contributed by atoms with Crippen LogP contribution < -0.4 is 0 Å². The number of hydrogen-bond acceptors (Lipinski definition) is 5. The second kappa shape index (κ2) is 7.27. The van der Waals surface area contributed by atoms with Crippen molar-refractivity contribution in [2.75, 3.05) is 47.0 Å². The van der Waals surface area contributed by atoms with Gasteiger partial charge < -0.3 is 23.4 Å². The molecule has 2 heterocycles. The van der Waals surface area contributed by atoms with Gasteiger partial charge in [0.15, 0.2) is 6.10 Å². The molecule has 4 atom stereocenters. The Kier molecular flexibility index (Phi) is 5.75. The molecular weight excluding hydrogens is 331 g/mol. The molecule has 136 valence electrons. The Morgan fingerprint density at radius 2 is 1.83 bits per heavy atom. The number of hydrogen-bond donors (Lipinski definition) is 0. The Hall–Kier alpha value is -1.34. The molecular formula is C15H21F3NO5+. The van der Waals surface area contributed by atoms with Gasteiger partial charge >= 0.3 is 12.1 Å². The molecule has 0 saturated carbocycles. The van der Waals surface area contributed by atoms with Crippen LogP contribution in [0.5, 0.6) is 0 Å². The fourth-order valence-electron chi connectivity index (χ4n) is 2.65. The Labute approximate surface area is 138 Å². The van der Waals surface area contributed by atoms with Gasteiger partial charge in [0.05, 0.1) is 33.9 Å². The standard InChI is InChI=1S/C15H21F3NO5/c1-4-5-19(2,3)6-7-21-10-8-22-13-11(9-23-12(10)13)24-14(20)15(16,17)18/h1,10-13H,5-9H2,2-3H3/q+1/t10-,11+,12+,13+/m0/s1. The van der Waals surface area contributed by atoms with E-state index in [0.29, 0.717) is 24.2 Å². The monoisotopic (exact) mass is 352 g/mol. The summed E-state index contributed by atoms with van der Waals surface area (Å²) in [5.41, 5.74) is 0. The van der Waals surface area contributed by atoms with Crippen LogP contribution in [-0.4, -0.2) is 88.1 Å². The minimum absolute atomic E-state index is 0.143. The number of terminal acetylenes is 1. The second-order valence-electron chi connectivity index (χ2n) is 6.47. The summed E-state index contributed by atoms with van der Waals surface area (Å²) in [6, 6.07) is 0. The summed E-state index contributed by atoms with van der Waals surface area (Å²) in [5, 5.41) is 0. The van der Waals surface area contributed by atoms with E-state index in [-0.39, 0.29) is 13.2 Å². The number of quaternary nitrogens is 1. The number of fused-ring (bicyclic) bond motifs is 1. The van der Waals surface area contributed by atoms with Crippen molar-refractivity contribution >= 4 is 5.97 Å². The summed E-state index contributed by atoms with van der Waals surface area (Å²) < 4.78 is 58.4. The van der Waals surface area contributed by atoms with E-state index in [9.17, 15) is 18.0 Å². The summed E-state index contributed by atoms with van der Waals surface area (Å²) in [6.07, 6.45) is -2.51. The van der Waals surface area contributed by atoms with Gasteiger partial charge in [-0.25, -0.2) is 4.79 Å². The molecule has 24 heavy (non-hydrogen) atoms. The fraction of sp³-hybridized carbons (Fsp3) is 0.800. The molecule has 0 unspecified atom stereocenters. The van der Waals surface area contributed by atoms with Crippen LogP contribution in [0.3, 0.4) is 0 Å². The van der Waals surface area contributed by atoms with Gasteiger partial charge in [-0.1, -0.05) is 0 Å². The molecule has 0 radical (unpaired) electrons. The maximum absolute atomic E-state index is 12.3. The van der Waals surface area contributed by atoms with Gasteiger partial charge in [0, 0.05) is 0 Å². The molecule has 0 aliphatic carbocycles. The van der Waals surface area contributed by atoms with Crippen LogP contribution in [0.4, 0.5) is 13.2 Å². The smallest absolute Gasteiger partial charge is 0.450 e. The third-order valence-corrected chi connectivity index (χ3v) is 4.00. The van der Waals surface area contributed by atoms with Crippen LogP contribution in [0.25, 0.3) is 0 Å². The molecule has 6 nitrogen and oxygen atoms in total. The molecule has 2 rings (SSSR count). The van der Waals surface area contributed by atoms with E-state index in [1.807, 2.05) is 14.1 Å². The largest absolute Gasteiger partial charge is 0.490 e. The predicted molar refractivity (Wildman–Crippen MR) is 75.8 cm³/mol. The summed E-state index contributed by atoms with van der Waals surface area (Å²) in [6.45, 7) is 1.67. The lowest BCUT2D eigenvalue weighted by atomic mass is 10.1. The van der Waals surface area contributed by atoms with E-state index in [2.05, 4.69) is 10.7 Å². The van der Waals surface area contributed by atoms with E-state index in [0.717, 1.165) is 0 Å². The summed E-state index contributed by atoms with van der Waals surface area (Å²) in [4.78, 5) is 10.9. The number of carbonyl (C=O) groups excluding carboxylic acids is 1. The van der Waals surface area contributed by atoms with Crippen LogP contribution in [0.2, 0.25) is 0 Å². The van der Waals surface area contributed by atoms with Crippen LogP contribution in [0.1, 0.15) is 0 Å². The minimum Gasteiger partial charge on any atom is -0.450 e. The highest BCUT2D eigenvalue weighted by Crippen LogP contribution is 2.31. The predicted octanol–water partition coefficient (Wildman–Crippen LogP) is 0.353. The Morgan fingerprint density at radius 1 is 1.25 bits per heavy atom. The molecule has 0 aromatic rings. The zero-order valence-corrected chi connectivity index (χ0v) is 13.5. The lowest BCUT2D eigenvalue weighted by Gasteiger charge is -2.28. The molecule has 0 spiro atoms. The highest BCUT2D eigenvalue weighted by atomic mass is 19.4. The zero-order chi connectivity index (χ0) is 18.0. The van der Waals surface area contributed by atoms with E-state index in [1.54, 1.807) is 0 Å². The van der Waals surface area contributed by atoms with E-state index >= 15 is 0 Å². The number of halogens is 3. The number of ether oxygens (including phenoxy) is 4. The van der Waals surface area contributed by atoms with Crippen LogP contribution in [0.15, 0.2) is 0 Å². The molecule has 0 amide bonds. The number of rotatable bonds is 6. The van der Waals surface area contributed by atoms with Crippen LogP contribution in [-0.2, 0) is 23.7 Å². The Morgan fingerprint density at radius 3 is 2.42 bits per heavy atom. The van der Waals surface area contributed by atoms with Crippen molar-refractivity contribution in [3.63, 3.8) is 0 Å². The van der Waals surface area contributed by atoms with E-state index in [4.69, 9.17) is 20.6 Å². The van der Waals surface area contributed by atoms with Crippen LogP contribution in [0, 0.1) is 12.3 Å². The van der Waals surface area contributed by atoms with Gasteiger partial charge in [-0.2, -0.15) is 13.2 Å².